The van der Waals surface area contributed by atoms with Gasteiger partial charge in [-0.15, -0.1) is 0 Å². The van der Waals surface area contributed by atoms with Crippen LogP contribution in [0.25, 0.3) is 0 Å². The number of nitrogens with one attached hydrogen (secondary N) is 2. The van der Waals surface area contributed by atoms with Crippen LogP contribution in [0.2, 0.25) is 5.02 Å². The highest BCUT2D eigenvalue weighted by atomic mass is 35.5. The van der Waals surface area contributed by atoms with Crippen LogP contribution in [0.4, 0.5) is 15.8 Å². The number of benzene rings is 2. The van der Waals surface area contributed by atoms with Crippen molar-refractivity contribution in [2.45, 2.75) is 23.5 Å². The summed E-state index contributed by atoms with van der Waals surface area (Å²) in [5.74, 6) is -1.41. The Hall–Kier alpha value is -2.65. The predicted octanol–water partition coefficient (Wildman–Crippen LogP) is 3.00. The molecule has 2 aromatic carbocycles. The van der Waals surface area contributed by atoms with E-state index < -0.39 is 26.8 Å². The first-order chi connectivity index (χ1) is 13.2. The molecule has 1 aliphatic heterocycles. The Morgan fingerprint density at radius 3 is 2.79 bits per heavy atom. The molecule has 0 bridgehead atoms. The number of fused-ring (bicyclic) bond motifs is 1. The standard InChI is InChI=1S/C18H16ClFN2O5S/c1-10(6-17(23)21-14-4-2-11(19)7-13(14)20)28(25,26)12-3-5-16-15(8-12)22-18(24)9-27-16/h2-5,7-8,10H,6,9H2,1H3,(H,21,23)(H,22,24)/t10-/m1/s1. The third-order valence-corrected chi connectivity index (χ3v) is 6.49. The van der Waals surface area contributed by atoms with E-state index in [-0.39, 0.29) is 40.2 Å². The van der Waals surface area contributed by atoms with Crippen molar-refractivity contribution in [1.29, 1.82) is 0 Å². The second kappa shape index (κ2) is 7.76. The van der Waals surface area contributed by atoms with Crippen LogP contribution in [0.3, 0.4) is 0 Å². The van der Waals surface area contributed by atoms with Crippen LogP contribution in [-0.4, -0.2) is 32.1 Å². The SMILES string of the molecule is C[C@H](CC(=O)Nc1ccc(Cl)cc1F)S(=O)(=O)c1ccc2c(c1)NC(=O)CO2. The summed E-state index contributed by atoms with van der Waals surface area (Å²) in [6.45, 7) is 1.23. The normalized spacial score (nSPS) is 14.5. The molecule has 0 aliphatic carbocycles. The van der Waals surface area contributed by atoms with Crippen molar-refractivity contribution in [3.8, 4) is 5.75 Å². The Balaban J connectivity index is 1.74. The van der Waals surface area contributed by atoms with E-state index in [0.29, 0.717) is 5.75 Å². The average molecular weight is 427 g/mol. The molecule has 0 unspecified atom stereocenters. The maximum Gasteiger partial charge on any atom is 0.262 e. The maximum atomic E-state index is 13.8. The summed E-state index contributed by atoms with van der Waals surface area (Å²) in [6.07, 6.45) is -0.385. The molecule has 0 saturated carbocycles. The van der Waals surface area contributed by atoms with Crippen molar-refractivity contribution in [3.63, 3.8) is 0 Å². The molecule has 10 heteroatoms. The molecule has 1 heterocycles. The number of anilines is 2. The summed E-state index contributed by atoms with van der Waals surface area (Å²) < 4.78 is 44.5. The second-order valence-corrected chi connectivity index (χ2v) is 9.03. The number of amides is 2. The Bertz CT molecular complexity index is 1060. The molecule has 3 rings (SSSR count). The molecule has 1 atom stereocenters. The van der Waals surface area contributed by atoms with Gasteiger partial charge in [-0.1, -0.05) is 11.6 Å². The van der Waals surface area contributed by atoms with Crippen molar-refractivity contribution in [2.75, 3.05) is 17.2 Å². The molecule has 7 nitrogen and oxygen atoms in total. The van der Waals surface area contributed by atoms with E-state index in [1.165, 1.54) is 37.3 Å². The number of rotatable bonds is 5. The van der Waals surface area contributed by atoms with Crippen LogP contribution in [-0.2, 0) is 19.4 Å². The highest BCUT2D eigenvalue weighted by Gasteiger charge is 2.28. The van der Waals surface area contributed by atoms with Crippen LogP contribution in [0.5, 0.6) is 5.75 Å². The summed E-state index contributed by atoms with van der Waals surface area (Å²) in [5.41, 5.74) is 0.157. The first-order valence-corrected chi connectivity index (χ1v) is 10.1. The topological polar surface area (TPSA) is 102 Å². The number of ether oxygens (including phenoxy) is 1. The Labute approximate surface area is 165 Å². The van der Waals surface area contributed by atoms with Crippen LogP contribution in [0, 0.1) is 5.82 Å². The second-order valence-electron chi connectivity index (χ2n) is 6.23. The van der Waals surface area contributed by atoms with E-state index in [1.54, 1.807) is 0 Å². The molecular formula is C18H16ClFN2O5S. The van der Waals surface area contributed by atoms with Gasteiger partial charge < -0.3 is 15.4 Å². The monoisotopic (exact) mass is 426 g/mol. The van der Waals surface area contributed by atoms with Gasteiger partial charge in [0.25, 0.3) is 5.91 Å². The van der Waals surface area contributed by atoms with Gasteiger partial charge in [-0.2, -0.15) is 0 Å². The van der Waals surface area contributed by atoms with Gasteiger partial charge in [0.1, 0.15) is 11.6 Å². The first kappa shape index (κ1) is 20.1. The van der Waals surface area contributed by atoms with Crippen molar-refractivity contribution >= 4 is 44.6 Å². The minimum absolute atomic E-state index is 0.0602. The van der Waals surface area contributed by atoms with Gasteiger partial charge in [0.2, 0.25) is 5.91 Å². The van der Waals surface area contributed by atoms with Gasteiger partial charge in [-0.25, -0.2) is 12.8 Å². The third kappa shape index (κ3) is 4.26. The highest BCUT2D eigenvalue weighted by molar-refractivity contribution is 7.92. The maximum absolute atomic E-state index is 13.8. The van der Waals surface area contributed by atoms with E-state index in [9.17, 15) is 22.4 Å². The molecule has 2 N–H and O–H groups in total. The van der Waals surface area contributed by atoms with Crippen molar-refractivity contribution in [1.82, 2.24) is 0 Å². The number of hydrogen-bond donors (Lipinski definition) is 2. The lowest BCUT2D eigenvalue weighted by atomic mass is 10.2. The molecule has 2 aromatic rings. The summed E-state index contributed by atoms with van der Waals surface area (Å²) in [5, 5.41) is 3.96. The number of carbonyl (C=O) groups excluding carboxylic acids is 2. The zero-order valence-corrected chi connectivity index (χ0v) is 16.2. The fourth-order valence-electron chi connectivity index (χ4n) is 2.63. The van der Waals surface area contributed by atoms with E-state index in [1.807, 2.05) is 0 Å². The van der Waals surface area contributed by atoms with Crippen molar-refractivity contribution in [3.05, 3.63) is 47.2 Å². The van der Waals surface area contributed by atoms with Crippen molar-refractivity contribution in [2.24, 2.45) is 0 Å². The number of sulfone groups is 1. The summed E-state index contributed by atoms with van der Waals surface area (Å²) in [6, 6.07) is 7.82. The van der Waals surface area contributed by atoms with Gasteiger partial charge in [-0.05, 0) is 43.3 Å². The molecule has 0 saturated heterocycles. The first-order valence-electron chi connectivity index (χ1n) is 8.22. The lowest BCUT2D eigenvalue weighted by Crippen LogP contribution is -2.27. The predicted molar refractivity (Wildman–Crippen MR) is 102 cm³/mol. The molecule has 0 radical (unpaired) electrons. The average Bonchev–Trinajstić information content (AvgIpc) is 2.63. The van der Waals surface area contributed by atoms with Crippen molar-refractivity contribution < 1.29 is 27.1 Å². The largest absolute Gasteiger partial charge is 0.482 e. The van der Waals surface area contributed by atoms with Gasteiger partial charge >= 0.3 is 0 Å². The Morgan fingerprint density at radius 2 is 2.07 bits per heavy atom. The minimum Gasteiger partial charge on any atom is -0.482 e. The number of carbonyl (C=O) groups is 2. The fourth-order valence-corrected chi connectivity index (χ4v) is 4.17. The number of halogens is 2. The molecule has 2 amide bonds. The fraction of sp³-hybridized carbons (Fsp3) is 0.222. The van der Waals surface area contributed by atoms with Crippen LogP contribution >= 0.6 is 11.6 Å². The zero-order chi connectivity index (χ0) is 20.5. The van der Waals surface area contributed by atoms with Crippen LogP contribution < -0.4 is 15.4 Å². The molecule has 0 spiro atoms. The van der Waals surface area contributed by atoms with Gasteiger partial charge in [0.15, 0.2) is 16.4 Å². The summed E-state index contributed by atoms with van der Waals surface area (Å²) in [7, 11) is -3.88. The molecule has 28 heavy (non-hydrogen) atoms. The Kier molecular flexibility index (Phi) is 5.57. The lowest BCUT2D eigenvalue weighted by Gasteiger charge is -2.19. The quantitative estimate of drug-likeness (QED) is 0.765. The van der Waals surface area contributed by atoms with E-state index >= 15 is 0 Å². The third-order valence-electron chi connectivity index (χ3n) is 4.12. The molecule has 0 fully saturated rings. The summed E-state index contributed by atoms with van der Waals surface area (Å²) in [4.78, 5) is 23.5. The van der Waals surface area contributed by atoms with Gasteiger partial charge in [0, 0.05) is 11.4 Å². The zero-order valence-electron chi connectivity index (χ0n) is 14.7. The van der Waals surface area contributed by atoms with E-state index in [0.717, 1.165) is 6.07 Å². The Morgan fingerprint density at radius 1 is 1.32 bits per heavy atom. The lowest BCUT2D eigenvalue weighted by molar-refractivity contribution is -0.118. The van der Waals surface area contributed by atoms with E-state index in [2.05, 4.69) is 10.6 Å². The van der Waals surface area contributed by atoms with E-state index in [4.69, 9.17) is 16.3 Å². The summed E-state index contributed by atoms with van der Waals surface area (Å²) >= 11 is 5.66. The molecular weight excluding hydrogens is 411 g/mol. The van der Waals surface area contributed by atoms with Crippen LogP contribution in [0.1, 0.15) is 13.3 Å². The van der Waals surface area contributed by atoms with Crippen LogP contribution in [0.15, 0.2) is 41.3 Å². The number of hydrogen-bond acceptors (Lipinski definition) is 5. The minimum atomic E-state index is -3.88. The van der Waals surface area contributed by atoms with Gasteiger partial charge in [-0.3, -0.25) is 9.59 Å². The van der Waals surface area contributed by atoms with Gasteiger partial charge in [0.05, 0.1) is 21.5 Å². The highest BCUT2D eigenvalue weighted by Crippen LogP contribution is 2.31. The molecule has 148 valence electrons. The molecule has 0 aromatic heterocycles. The smallest absolute Gasteiger partial charge is 0.262 e. The molecule has 1 aliphatic rings.